The van der Waals surface area contributed by atoms with Gasteiger partial charge in [-0.3, -0.25) is 0 Å². The Bertz CT molecular complexity index is 461. The zero-order valence-corrected chi connectivity index (χ0v) is 10.3. The minimum Gasteiger partial charge on any atom is -0.399 e. The number of nitrogen functional groups attached to an aromatic ring is 1. The van der Waals surface area contributed by atoms with Crippen LogP contribution < -0.4 is 10.5 Å². The van der Waals surface area contributed by atoms with Crippen molar-refractivity contribution >= 4 is 15.7 Å². The van der Waals surface area contributed by atoms with Crippen molar-refractivity contribution in [3.8, 4) is 0 Å². The van der Waals surface area contributed by atoms with Crippen molar-refractivity contribution < 1.29 is 18.3 Å². The van der Waals surface area contributed by atoms with Gasteiger partial charge in [0, 0.05) is 19.3 Å². The van der Waals surface area contributed by atoms with E-state index in [-0.39, 0.29) is 18.0 Å². The monoisotopic (exact) mass is 260 g/mol. The number of hydrogen-bond acceptors (Lipinski definition) is 5. The molecular formula is C10H16N2O4S. The van der Waals surface area contributed by atoms with Crippen LogP contribution >= 0.6 is 0 Å². The Morgan fingerprint density at radius 2 is 2.24 bits per heavy atom. The lowest BCUT2D eigenvalue weighted by molar-refractivity contribution is 0.0679. The van der Waals surface area contributed by atoms with Crippen LogP contribution in [0.1, 0.15) is 0 Å². The van der Waals surface area contributed by atoms with Crippen LogP contribution in [0.5, 0.6) is 0 Å². The summed E-state index contributed by atoms with van der Waals surface area (Å²) in [5, 5.41) is 9.34. The molecule has 1 atom stereocenters. The van der Waals surface area contributed by atoms with Gasteiger partial charge >= 0.3 is 0 Å². The van der Waals surface area contributed by atoms with E-state index in [2.05, 4.69) is 9.46 Å². The van der Waals surface area contributed by atoms with E-state index >= 15 is 0 Å². The zero-order chi connectivity index (χ0) is 12.9. The van der Waals surface area contributed by atoms with Crippen molar-refractivity contribution in [3.63, 3.8) is 0 Å². The summed E-state index contributed by atoms with van der Waals surface area (Å²) in [5.74, 6) is 0. The topological polar surface area (TPSA) is 102 Å². The number of methoxy groups -OCH3 is 1. The number of sulfonamides is 1. The molecule has 0 aromatic heterocycles. The minimum atomic E-state index is -3.64. The molecule has 0 aliphatic carbocycles. The van der Waals surface area contributed by atoms with Gasteiger partial charge in [-0.05, 0) is 18.2 Å². The lowest BCUT2D eigenvalue weighted by Gasteiger charge is -2.11. The van der Waals surface area contributed by atoms with Gasteiger partial charge in [0.25, 0.3) is 0 Å². The number of ether oxygens (including phenoxy) is 1. The van der Waals surface area contributed by atoms with Crippen LogP contribution in [0, 0.1) is 0 Å². The molecule has 1 rings (SSSR count). The molecule has 7 heteroatoms. The van der Waals surface area contributed by atoms with Crippen LogP contribution in [0.3, 0.4) is 0 Å². The Morgan fingerprint density at radius 3 is 2.82 bits per heavy atom. The van der Waals surface area contributed by atoms with E-state index in [0.29, 0.717) is 5.69 Å². The minimum absolute atomic E-state index is 0.0689. The maximum Gasteiger partial charge on any atom is 0.240 e. The number of nitrogens with one attached hydrogen (secondary N) is 1. The third-order valence-electron chi connectivity index (χ3n) is 2.04. The first-order chi connectivity index (χ1) is 7.95. The van der Waals surface area contributed by atoms with E-state index in [1.165, 1.54) is 19.2 Å². The number of aliphatic hydroxyl groups is 1. The molecule has 0 saturated heterocycles. The van der Waals surface area contributed by atoms with E-state index in [1.807, 2.05) is 0 Å². The Balaban J connectivity index is 2.69. The van der Waals surface area contributed by atoms with Crippen LogP contribution in [-0.2, 0) is 14.8 Å². The first-order valence-corrected chi connectivity index (χ1v) is 6.46. The molecule has 0 fully saturated rings. The molecule has 17 heavy (non-hydrogen) atoms. The van der Waals surface area contributed by atoms with E-state index in [1.54, 1.807) is 12.1 Å². The SMILES string of the molecule is COCC(O)CNS(=O)(=O)c1cccc(N)c1. The number of nitrogens with two attached hydrogens (primary N) is 1. The Labute approximate surface area is 100 Å². The van der Waals surface area contributed by atoms with Gasteiger partial charge in [-0.1, -0.05) is 6.07 Å². The number of rotatable bonds is 6. The van der Waals surface area contributed by atoms with Gasteiger partial charge < -0.3 is 15.6 Å². The third kappa shape index (κ3) is 4.31. The standard InChI is InChI=1S/C10H16N2O4S/c1-16-7-9(13)6-12-17(14,15)10-4-2-3-8(11)5-10/h2-5,9,12-13H,6-7,11H2,1H3. The van der Waals surface area contributed by atoms with E-state index in [9.17, 15) is 13.5 Å². The molecular weight excluding hydrogens is 244 g/mol. The van der Waals surface area contributed by atoms with E-state index in [0.717, 1.165) is 0 Å². The number of anilines is 1. The van der Waals surface area contributed by atoms with Gasteiger partial charge in [0.2, 0.25) is 10.0 Å². The maximum atomic E-state index is 11.8. The van der Waals surface area contributed by atoms with Gasteiger partial charge in [0.1, 0.15) is 0 Å². The highest BCUT2D eigenvalue weighted by Gasteiger charge is 2.15. The van der Waals surface area contributed by atoms with Crippen molar-refractivity contribution in [2.45, 2.75) is 11.0 Å². The molecule has 1 aromatic carbocycles. The summed E-state index contributed by atoms with van der Waals surface area (Å²) in [5.41, 5.74) is 5.86. The first-order valence-electron chi connectivity index (χ1n) is 4.98. The predicted molar refractivity (Wildman–Crippen MR) is 63.9 cm³/mol. The van der Waals surface area contributed by atoms with Crippen molar-refractivity contribution in [1.82, 2.24) is 4.72 Å². The molecule has 6 nitrogen and oxygen atoms in total. The Hall–Kier alpha value is -1.15. The first kappa shape index (κ1) is 13.9. The van der Waals surface area contributed by atoms with Crippen LogP contribution in [0.4, 0.5) is 5.69 Å². The summed E-state index contributed by atoms with van der Waals surface area (Å²) in [6, 6.07) is 5.93. The molecule has 96 valence electrons. The van der Waals surface area contributed by atoms with Crippen LogP contribution in [0.2, 0.25) is 0 Å². The van der Waals surface area contributed by atoms with Gasteiger partial charge in [0.15, 0.2) is 0 Å². The zero-order valence-electron chi connectivity index (χ0n) is 9.46. The van der Waals surface area contributed by atoms with Crippen LogP contribution in [-0.4, -0.2) is 39.9 Å². The number of hydrogen-bond donors (Lipinski definition) is 3. The fourth-order valence-electron chi connectivity index (χ4n) is 1.22. The second kappa shape index (κ2) is 5.97. The predicted octanol–water partition coefficient (Wildman–Crippen LogP) is -0.446. The molecule has 1 unspecified atom stereocenters. The van der Waals surface area contributed by atoms with Crippen LogP contribution in [0.15, 0.2) is 29.2 Å². The molecule has 0 spiro atoms. The average Bonchev–Trinajstić information content (AvgIpc) is 2.27. The lowest BCUT2D eigenvalue weighted by Crippen LogP contribution is -2.34. The van der Waals surface area contributed by atoms with E-state index < -0.39 is 16.1 Å². The third-order valence-corrected chi connectivity index (χ3v) is 3.46. The number of aliphatic hydroxyl groups excluding tert-OH is 1. The molecule has 0 radical (unpaired) electrons. The maximum absolute atomic E-state index is 11.8. The molecule has 0 heterocycles. The average molecular weight is 260 g/mol. The normalized spacial score (nSPS) is 13.5. The smallest absolute Gasteiger partial charge is 0.240 e. The fraction of sp³-hybridized carbons (Fsp3) is 0.400. The molecule has 1 aromatic rings. The molecule has 0 saturated carbocycles. The number of benzene rings is 1. The highest BCUT2D eigenvalue weighted by Crippen LogP contribution is 2.12. The second-order valence-electron chi connectivity index (χ2n) is 3.53. The Kier molecular flexibility index (Phi) is 4.88. The summed E-state index contributed by atoms with van der Waals surface area (Å²) in [7, 11) is -2.22. The van der Waals surface area contributed by atoms with Crippen molar-refractivity contribution in [1.29, 1.82) is 0 Å². The fourth-order valence-corrected chi connectivity index (χ4v) is 2.35. The van der Waals surface area contributed by atoms with Crippen molar-refractivity contribution in [2.24, 2.45) is 0 Å². The van der Waals surface area contributed by atoms with Gasteiger partial charge in [-0.15, -0.1) is 0 Å². The van der Waals surface area contributed by atoms with Gasteiger partial charge in [-0.25, -0.2) is 13.1 Å². The lowest BCUT2D eigenvalue weighted by atomic mass is 10.3. The summed E-state index contributed by atoms with van der Waals surface area (Å²) >= 11 is 0. The second-order valence-corrected chi connectivity index (χ2v) is 5.30. The summed E-state index contributed by atoms with van der Waals surface area (Å²) < 4.78 is 30.5. The largest absolute Gasteiger partial charge is 0.399 e. The molecule has 0 aliphatic heterocycles. The molecule has 0 bridgehead atoms. The van der Waals surface area contributed by atoms with Gasteiger partial charge in [-0.2, -0.15) is 0 Å². The Morgan fingerprint density at radius 1 is 1.53 bits per heavy atom. The summed E-state index contributed by atoms with van der Waals surface area (Å²) in [6.07, 6.45) is -0.879. The van der Waals surface area contributed by atoms with Crippen molar-refractivity contribution in [3.05, 3.63) is 24.3 Å². The summed E-state index contributed by atoms with van der Waals surface area (Å²) in [6.45, 7) is -0.0373. The summed E-state index contributed by atoms with van der Waals surface area (Å²) in [4.78, 5) is 0.0714. The van der Waals surface area contributed by atoms with Crippen LogP contribution in [0.25, 0.3) is 0 Å². The molecule has 0 aliphatic rings. The quantitative estimate of drug-likeness (QED) is 0.602. The van der Waals surface area contributed by atoms with Crippen molar-refractivity contribution in [2.75, 3.05) is 26.0 Å². The van der Waals surface area contributed by atoms with E-state index in [4.69, 9.17) is 5.73 Å². The molecule has 0 amide bonds. The highest BCUT2D eigenvalue weighted by atomic mass is 32.2. The highest BCUT2D eigenvalue weighted by molar-refractivity contribution is 7.89. The molecule has 4 N–H and O–H groups in total. The van der Waals surface area contributed by atoms with Gasteiger partial charge in [0.05, 0.1) is 17.6 Å².